The molecule has 1 atom stereocenters. The number of hydrogen-bond acceptors (Lipinski definition) is 4. The molecule has 1 saturated carbocycles. The van der Waals surface area contributed by atoms with Crippen molar-refractivity contribution in [3.8, 4) is 0 Å². The number of carbonyl (C=O) groups excluding carboxylic acids is 1. The topological polar surface area (TPSA) is 55.5 Å². The summed E-state index contributed by atoms with van der Waals surface area (Å²) >= 11 is 0. The molecule has 0 N–H and O–H groups in total. The first-order valence-electron chi connectivity index (χ1n) is 14.2. The highest BCUT2D eigenvalue weighted by Crippen LogP contribution is 2.52. The molecule has 2 heterocycles. The molecule has 0 amide bonds. The minimum atomic E-state index is -0.111. The van der Waals surface area contributed by atoms with Crippen LogP contribution in [-0.2, 0) is 35.9 Å². The van der Waals surface area contributed by atoms with E-state index in [2.05, 4.69) is 81.4 Å². The van der Waals surface area contributed by atoms with E-state index in [1.165, 1.54) is 54.5 Å². The third-order valence-electron chi connectivity index (χ3n) is 8.84. The molecule has 0 saturated heterocycles. The van der Waals surface area contributed by atoms with Crippen LogP contribution in [0.5, 0.6) is 0 Å². The number of carbonyl (C=O) groups is 1. The van der Waals surface area contributed by atoms with Crippen molar-refractivity contribution >= 4 is 17.2 Å². The maximum absolute atomic E-state index is 12.6. The van der Waals surface area contributed by atoms with Crippen molar-refractivity contribution in [1.82, 2.24) is 5.16 Å². The van der Waals surface area contributed by atoms with Crippen molar-refractivity contribution in [2.75, 3.05) is 0 Å². The average Bonchev–Trinajstić information content (AvgIpc) is 3.16. The van der Waals surface area contributed by atoms with Gasteiger partial charge in [0.25, 0.3) is 0 Å². The number of ketones is 1. The number of benzene rings is 2. The number of aryl methyl sites for hydroxylation is 1. The first kappa shape index (κ1) is 25.0. The molecule has 1 fully saturated rings. The SMILES string of the molecule is CCC1(CCc2ccc3c(c2)CC2=NC(c4ccc(CC(=O)Cc5cc(C(C)(C)C)on5)cc4)=CC23)CC1. The highest BCUT2D eigenvalue weighted by molar-refractivity contribution is 6.05. The van der Waals surface area contributed by atoms with Gasteiger partial charge in [-0.25, -0.2) is 0 Å². The number of nitrogens with zero attached hydrogens (tertiary/aromatic N) is 2. The molecule has 4 heteroatoms. The van der Waals surface area contributed by atoms with Crippen molar-refractivity contribution in [1.29, 1.82) is 0 Å². The lowest BCUT2D eigenvalue weighted by molar-refractivity contribution is -0.117. The normalized spacial score (nSPS) is 19.1. The summed E-state index contributed by atoms with van der Waals surface area (Å²) in [4.78, 5) is 17.7. The highest BCUT2D eigenvalue weighted by atomic mass is 16.5. The van der Waals surface area contributed by atoms with Crippen molar-refractivity contribution in [3.63, 3.8) is 0 Å². The smallest absolute Gasteiger partial charge is 0.143 e. The van der Waals surface area contributed by atoms with Crippen LogP contribution in [0.4, 0.5) is 0 Å². The summed E-state index contributed by atoms with van der Waals surface area (Å²) < 4.78 is 5.42. The second kappa shape index (κ2) is 9.48. The van der Waals surface area contributed by atoms with Crippen LogP contribution in [0, 0.1) is 5.41 Å². The molecule has 3 aromatic rings. The molecule has 1 aliphatic heterocycles. The van der Waals surface area contributed by atoms with Crippen LogP contribution in [-0.4, -0.2) is 16.7 Å². The molecule has 0 bridgehead atoms. The minimum Gasteiger partial charge on any atom is -0.361 e. The third kappa shape index (κ3) is 5.06. The molecule has 38 heavy (non-hydrogen) atoms. The number of aromatic nitrogens is 1. The molecular formula is C34H38N2O2. The molecule has 196 valence electrons. The van der Waals surface area contributed by atoms with Crippen molar-refractivity contribution in [2.24, 2.45) is 10.4 Å². The van der Waals surface area contributed by atoms with Gasteiger partial charge in [-0.1, -0.05) is 81.7 Å². The van der Waals surface area contributed by atoms with E-state index in [-0.39, 0.29) is 11.2 Å². The van der Waals surface area contributed by atoms with Gasteiger partial charge in [0.15, 0.2) is 0 Å². The number of allylic oxidation sites excluding steroid dienone is 1. The number of hydrogen-bond donors (Lipinski definition) is 0. The quantitative estimate of drug-likeness (QED) is 0.300. The van der Waals surface area contributed by atoms with E-state index < -0.39 is 0 Å². The molecular weight excluding hydrogens is 468 g/mol. The van der Waals surface area contributed by atoms with Gasteiger partial charge < -0.3 is 4.52 Å². The monoisotopic (exact) mass is 506 g/mol. The summed E-state index contributed by atoms with van der Waals surface area (Å²) in [5.74, 6) is 1.25. The maximum Gasteiger partial charge on any atom is 0.143 e. The maximum atomic E-state index is 12.6. The summed E-state index contributed by atoms with van der Waals surface area (Å²) in [6, 6.07) is 17.3. The van der Waals surface area contributed by atoms with E-state index in [0.29, 0.717) is 29.9 Å². The average molecular weight is 507 g/mol. The van der Waals surface area contributed by atoms with Gasteiger partial charge in [0.1, 0.15) is 11.5 Å². The number of aliphatic imine (C=N–C) groups is 1. The van der Waals surface area contributed by atoms with E-state index in [1.54, 1.807) is 0 Å². The molecule has 1 unspecified atom stereocenters. The fourth-order valence-corrected chi connectivity index (χ4v) is 5.96. The first-order valence-corrected chi connectivity index (χ1v) is 14.2. The Hall–Kier alpha value is -3.27. The molecule has 1 aromatic heterocycles. The molecule has 2 aliphatic carbocycles. The molecule has 2 aromatic carbocycles. The lowest BCUT2D eigenvalue weighted by Crippen LogP contribution is -2.09. The minimum absolute atomic E-state index is 0.111. The van der Waals surface area contributed by atoms with Crippen LogP contribution in [0.2, 0.25) is 0 Å². The van der Waals surface area contributed by atoms with Gasteiger partial charge in [-0.15, -0.1) is 0 Å². The van der Waals surface area contributed by atoms with Gasteiger partial charge >= 0.3 is 0 Å². The fourth-order valence-electron chi connectivity index (χ4n) is 5.96. The van der Waals surface area contributed by atoms with E-state index in [0.717, 1.165) is 29.0 Å². The number of fused-ring (bicyclic) bond motifs is 3. The van der Waals surface area contributed by atoms with Gasteiger partial charge in [-0.05, 0) is 65.0 Å². The Morgan fingerprint density at radius 2 is 1.79 bits per heavy atom. The molecule has 6 rings (SSSR count). The van der Waals surface area contributed by atoms with E-state index in [1.807, 2.05) is 6.07 Å². The Balaban J connectivity index is 1.07. The molecule has 3 aliphatic rings. The highest BCUT2D eigenvalue weighted by Gasteiger charge is 2.40. The Morgan fingerprint density at radius 1 is 1.03 bits per heavy atom. The zero-order chi connectivity index (χ0) is 26.5. The molecule has 0 spiro atoms. The van der Waals surface area contributed by atoms with Gasteiger partial charge in [0.05, 0.1) is 17.8 Å². The van der Waals surface area contributed by atoms with Crippen LogP contribution in [0.15, 0.2) is 64.1 Å². The first-order chi connectivity index (χ1) is 18.2. The van der Waals surface area contributed by atoms with Crippen LogP contribution in [0.1, 0.15) is 98.6 Å². The molecule has 0 radical (unpaired) electrons. The van der Waals surface area contributed by atoms with Gasteiger partial charge in [0, 0.05) is 36.0 Å². The predicted octanol–water partition coefficient (Wildman–Crippen LogP) is 7.58. The fraction of sp³-hybridized carbons (Fsp3) is 0.441. The number of Topliss-reactive ketones (excluding diaryl/α,β-unsaturated/α-hetero) is 1. The predicted molar refractivity (Wildman–Crippen MR) is 153 cm³/mol. The van der Waals surface area contributed by atoms with Gasteiger partial charge in [-0.3, -0.25) is 9.79 Å². The summed E-state index contributed by atoms with van der Waals surface area (Å²) in [6.07, 6.45) is 10.6. The van der Waals surface area contributed by atoms with Crippen molar-refractivity contribution < 1.29 is 9.32 Å². The standard InChI is InChI=1S/C34H38N2O2/c1-5-34(14-15-34)13-12-23-8-11-28-25(16-23)18-31-29(28)21-30(35-31)24-9-6-22(7-10-24)17-27(37)19-26-20-32(38-36-26)33(2,3)4/h6-11,16,20-21,29H,5,12-15,17-19H2,1-4H3. The largest absolute Gasteiger partial charge is 0.361 e. The van der Waals surface area contributed by atoms with Gasteiger partial charge in [0.2, 0.25) is 0 Å². The van der Waals surface area contributed by atoms with E-state index in [4.69, 9.17) is 9.52 Å². The van der Waals surface area contributed by atoms with E-state index in [9.17, 15) is 4.79 Å². The summed E-state index contributed by atoms with van der Waals surface area (Å²) in [6.45, 7) is 8.57. The van der Waals surface area contributed by atoms with Crippen molar-refractivity contribution in [2.45, 2.75) is 90.4 Å². The Morgan fingerprint density at radius 3 is 2.47 bits per heavy atom. The van der Waals surface area contributed by atoms with Crippen LogP contribution < -0.4 is 0 Å². The third-order valence-corrected chi connectivity index (χ3v) is 8.84. The van der Waals surface area contributed by atoms with Gasteiger partial charge in [-0.2, -0.15) is 0 Å². The second-order valence-corrected chi connectivity index (χ2v) is 12.7. The Bertz CT molecular complexity index is 1430. The van der Waals surface area contributed by atoms with Crippen molar-refractivity contribution in [3.05, 3.63) is 93.9 Å². The van der Waals surface area contributed by atoms with E-state index >= 15 is 0 Å². The lowest BCUT2D eigenvalue weighted by Gasteiger charge is -2.13. The Kier molecular flexibility index (Phi) is 6.25. The zero-order valence-electron chi connectivity index (χ0n) is 23.1. The van der Waals surface area contributed by atoms with Crippen LogP contribution >= 0.6 is 0 Å². The Labute approximate surface area is 226 Å². The van der Waals surface area contributed by atoms with Crippen LogP contribution in [0.3, 0.4) is 0 Å². The summed E-state index contributed by atoms with van der Waals surface area (Å²) in [7, 11) is 0. The second-order valence-electron chi connectivity index (χ2n) is 12.7. The summed E-state index contributed by atoms with van der Waals surface area (Å²) in [5, 5.41) is 4.09. The molecule has 4 nitrogen and oxygen atoms in total. The lowest BCUT2D eigenvalue weighted by atomic mass is 9.92. The summed E-state index contributed by atoms with van der Waals surface area (Å²) in [5.41, 5.74) is 10.0. The number of rotatable bonds is 9. The van der Waals surface area contributed by atoms with Crippen LogP contribution in [0.25, 0.3) is 5.70 Å². The zero-order valence-corrected chi connectivity index (χ0v) is 23.1.